The van der Waals surface area contributed by atoms with Gasteiger partial charge in [-0.25, -0.2) is 0 Å². The lowest BCUT2D eigenvalue weighted by atomic mass is 9.87. The molecule has 0 saturated heterocycles. The number of allylic oxidation sites excluding steroid dienone is 1. The van der Waals surface area contributed by atoms with Crippen LogP contribution in [0.5, 0.6) is 0 Å². The van der Waals surface area contributed by atoms with Crippen LogP contribution < -0.4 is 10.6 Å². The monoisotopic (exact) mass is 431 g/mol. The Kier molecular flexibility index (Phi) is 6.47. The molecule has 0 saturated carbocycles. The number of hydrogen-bond acceptors (Lipinski definition) is 4. The van der Waals surface area contributed by atoms with Gasteiger partial charge in [-0.15, -0.1) is 0 Å². The zero-order valence-electron chi connectivity index (χ0n) is 15.5. The normalized spacial score (nSPS) is 16.6. The first-order chi connectivity index (χ1) is 14.3. The van der Waals surface area contributed by atoms with Crippen molar-refractivity contribution in [3.63, 3.8) is 0 Å². The van der Waals surface area contributed by atoms with Crippen LogP contribution in [0.3, 0.4) is 0 Å². The number of nitriles is 1. The van der Waals surface area contributed by atoms with Gasteiger partial charge in [-0.2, -0.15) is 18.4 Å². The number of hydrogen-bond donors (Lipinski definition) is 2. The zero-order valence-corrected chi connectivity index (χ0v) is 16.3. The van der Waals surface area contributed by atoms with Crippen LogP contribution in [-0.2, 0) is 15.8 Å². The number of thioether (sulfide) groups is 1. The maximum Gasteiger partial charge on any atom is 0.416 e. The van der Waals surface area contributed by atoms with E-state index in [1.807, 2.05) is 30.3 Å². The van der Waals surface area contributed by atoms with E-state index in [0.717, 1.165) is 29.5 Å². The summed E-state index contributed by atoms with van der Waals surface area (Å²) in [5.41, 5.74) is 0.306. The average molecular weight is 431 g/mol. The van der Waals surface area contributed by atoms with Crippen molar-refractivity contribution in [1.82, 2.24) is 5.32 Å². The molecule has 1 heterocycles. The Balaban J connectivity index is 1.72. The van der Waals surface area contributed by atoms with Gasteiger partial charge in [0.05, 0.1) is 28.0 Å². The molecule has 154 valence electrons. The lowest BCUT2D eigenvalue weighted by molar-refractivity contribution is -0.137. The number of halogens is 3. The van der Waals surface area contributed by atoms with E-state index in [4.69, 9.17) is 0 Å². The lowest BCUT2D eigenvalue weighted by Gasteiger charge is -2.25. The van der Waals surface area contributed by atoms with Gasteiger partial charge in [-0.3, -0.25) is 9.59 Å². The minimum Gasteiger partial charge on any atom is -0.325 e. The smallest absolute Gasteiger partial charge is 0.325 e. The molecule has 0 aromatic heterocycles. The molecule has 2 aromatic carbocycles. The van der Waals surface area contributed by atoms with Crippen molar-refractivity contribution in [3.8, 4) is 6.07 Å². The van der Waals surface area contributed by atoms with E-state index in [1.165, 1.54) is 12.1 Å². The highest BCUT2D eigenvalue weighted by molar-refractivity contribution is 8.03. The van der Waals surface area contributed by atoms with Crippen LogP contribution in [-0.4, -0.2) is 17.6 Å². The van der Waals surface area contributed by atoms with Crippen molar-refractivity contribution >= 4 is 29.3 Å². The van der Waals surface area contributed by atoms with E-state index in [1.54, 1.807) is 0 Å². The van der Waals surface area contributed by atoms with Gasteiger partial charge in [0.15, 0.2) is 0 Å². The first kappa shape index (κ1) is 21.5. The van der Waals surface area contributed by atoms with Crippen molar-refractivity contribution in [1.29, 1.82) is 5.26 Å². The molecule has 3 rings (SSSR count). The fourth-order valence-corrected chi connectivity index (χ4v) is 3.89. The van der Waals surface area contributed by atoms with Gasteiger partial charge in [-0.05, 0) is 23.8 Å². The SMILES string of the molecule is N#CC1=C(SCC(=O)Nc2cccc(C(F)(F)F)c2)NC(=O)C[C@@H]1c1ccccc1. The third-order valence-corrected chi connectivity index (χ3v) is 5.40. The van der Waals surface area contributed by atoms with E-state index < -0.39 is 23.6 Å². The second-order valence-corrected chi connectivity index (χ2v) is 7.47. The molecule has 5 nitrogen and oxygen atoms in total. The van der Waals surface area contributed by atoms with Crippen LogP contribution in [0.2, 0.25) is 0 Å². The van der Waals surface area contributed by atoms with Gasteiger partial charge in [0.1, 0.15) is 0 Å². The van der Waals surface area contributed by atoms with Crippen LogP contribution in [0.25, 0.3) is 0 Å². The van der Waals surface area contributed by atoms with Gasteiger partial charge in [0, 0.05) is 18.0 Å². The summed E-state index contributed by atoms with van der Waals surface area (Å²) >= 11 is 0.960. The molecule has 2 amide bonds. The van der Waals surface area contributed by atoms with E-state index in [0.29, 0.717) is 5.57 Å². The number of rotatable bonds is 5. The molecule has 0 fully saturated rings. The number of benzene rings is 2. The number of alkyl halides is 3. The van der Waals surface area contributed by atoms with Crippen molar-refractivity contribution < 1.29 is 22.8 Å². The topological polar surface area (TPSA) is 82.0 Å². The Morgan fingerprint density at radius 1 is 1.20 bits per heavy atom. The second kappa shape index (κ2) is 9.05. The van der Waals surface area contributed by atoms with Gasteiger partial charge in [0.25, 0.3) is 0 Å². The number of carbonyl (C=O) groups excluding carboxylic acids is 2. The fourth-order valence-electron chi connectivity index (χ4n) is 3.01. The van der Waals surface area contributed by atoms with Crippen molar-refractivity contribution in [2.24, 2.45) is 0 Å². The lowest BCUT2D eigenvalue weighted by Crippen LogP contribution is -2.31. The molecule has 0 unspecified atom stereocenters. The zero-order chi connectivity index (χ0) is 21.7. The maximum absolute atomic E-state index is 12.8. The molecule has 30 heavy (non-hydrogen) atoms. The van der Waals surface area contributed by atoms with Gasteiger partial charge in [0.2, 0.25) is 11.8 Å². The number of nitrogens with zero attached hydrogens (tertiary/aromatic N) is 1. The van der Waals surface area contributed by atoms with E-state index in [-0.39, 0.29) is 28.8 Å². The summed E-state index contributed by atoms with van der Waals surface area (Å²) in [5.74, 6) is -1.43. The van der Waals surface area contributed by atoms with Crippen molar-refractivity contribution in [2.75, 3.05) is 11.1 Å². The molecule has 2 aromatic rings. The highest BCUT2D eigenvalue weighted by Crippen LogP contribution is 2.36. The van der Waals surface area contributed by atoms with Crippen molar-refractivity contribution in [3.05, 3.63) is 76.3 Å². The number of anilines is 1. The summed E-state index contributed by atoms with van der Waals surface area (Å²) in [6.07, 6.45) is -4.39. The molecule has 0 aliphatic carbocycles. The van der Waals surface area contributed by atoms with E-state index >= 15 is 0 Å². The second-order valence-electron chi connectivity index (χ2n) is 6.49. The van der Waals surface area contributed by atoms with E-state index in [9.17, 15) is 28.0 Å². The van der Waals surface area contributed by atoms with Crippen LogP contribution in [0, 0.1) is 11.3 Å². The molecule has 1 aliphatic rings. The summed E-state index contributed by atoms with van der Waals surface area (Å²) < 4.78 is 38.4. The van der Waals surface area contributed by atoms with Crippen LogP contribution >= 0.6 is 11.8 Å². The molecule has 0 spiro atoms. The van der Waals surface area contributed by atoms with Gasteiger partial charge in [-0.1, -0.05) is 48.2 Å². The Morgan fingerprint density at radius 2 is 1.93 bits per heavy atom. The number of carbonyl (C=O) groups is 2. The summed E-state index contributed by atoms with van der Waals surface area (Å²) in [6, 6.07) is 15.5. The van der Waals surface area contributed by atoms with Crippen LogP contribution in [0.1, 0.15) is 23.5 Å². The minimum atomic E-state index is -4.51. The molecule has 0 radical (unpaired) electrons. The summed E-state index contributed by atoms with van der Waals surface area (Å²) in [7, 11) is 0. The summed E-state index contributed by atoms with van der Waals surface area (Å²) in [4.78, 5) is 24.3. The molecule has 1 atom stereocenters. The largest absolute Gasteiger partial charge is 0.416 e. The van der Waals surface area contributed by atoms with Gasteiger partial charge >= 0.3 is 6.18 Å². The number of amides is 2. The quantitative estimate of drug-likeness (QED) is 0.735. The molecule has 9 heteroatoms. The number of nitrogens with one attached hydrogen (secondary N) is 2. The van der Waals surface area contributed by atoms with E-state index in [2.05, 4.69) is 16.7 Å². The predicted octanol–water partition coefficient (Wildman–Crippen LogP) is 4.42. The Labute approximate surface area is 175 Å². The maximum atomic E-state index is 12.8. The van der Waals surface area contributed by atoms with Crippen LogP contribution in [0.4, 0.5) is 18.9 Å². The Hall–Kier alpha value is -3.25. The third kappa shape index (κ3) is 5.21. The van der Waals surface area contributed by atoms with Crippen LogP contribution in [0.15, 0.2) is 65.2 Å². The highest BCUT2D eigenvalue weighted by Gasteiger charge is 2.31. The predicted molar refractivity (Wildman–Crippen MR) is 107 cm³/mol. The fraction of sp³-hybridized carbons (Fsp3) is 0.190. The average Bonchev–Trinajstić information content (AvgIpc) is 2.72. The molecule has 0 bridgehead atoms. The molecular weight excluding hydrogens is 415 g/mol. The minimum absolute atomic E-state index is 0.0137. The summed E-state index contributed by atoms with van der Waals surface area (Å²) in [5, 5.41) is 14.9. The molecule has 1 aliphatic heterocycles. The first-order valence-corrected chi connectivity index (χ1v) is 9.85. The highest BCUT2D eigenvalue weighted by atomic mass is 32.2. The van der Waals surface area contributed by atoms with Gasteiger partial charge < -0.3 is 10.6 Å². The molecule has 2 N–H and O–H groups in total. The summed E-state index contributed by atoms with van der Waals surface area (Å²) in [6.45, 7) is 0. The Bertz CT molecular complexity index is 1030. The third-order valence-electron chi connectivity index (χ3n) is 4.38. The first-order valence-electron chi connectivity index (χ1n) is 8.87. The molecular formula is C21H16F3N3O2S. The van der Waals surface area contributed by atoms with Crippen molar-refractivity contribution in [2.45, 2.75) is 18.5 Å². The standard InChI is InChI=1S/C21H16F3N3O2S/c22-21(23,24)14-7-4-8-15(9-14)26-19(29)12-30-20-17(11-25)16(10-18(28)27-20)13-5-2-1-3-6-13/h1-9,16H,10,12H2,(H,26,29)(H,27,28)/t16-/m1/s1. The Morgan fingerprint density at radius 3 is 2.60 bits per heavy atom.